The molecule has 1 aromatic carbocycles. The van der Waals surface area contributed by atoms with Gasteiger partial charge in [0.1, 0.15) is 5.75 Å². The van der Waals surface area contributed by atoms with Crippen molar-refractivity contribution in [1.29, 1.82) is 0 Å². The van der Waals surface area contributed by atoms with Crippen LogP contribution >= 0.6 is 12.4 Å². The Hall–Kier alpha value is -1.63. The normalized spacial score (nSPS) is 18.2. The highest BCUT2D eigenvalue weighted by Crippen LogP contribution is 2.34. The van der Waals surface area contributed by atoms with Crippen LogP contribution in [0.15, 0.2) is 28.8 Å². The van der Waals surface area contributed by atoms with Crippen molar-refractivity contribution in [2.24, 2.45) is 5.73 Å². The van der Waals surface area contributed by atoms with Crippen LogP contribution in [-0.2, 0) is 13.1 Å². The Balaban J connectivity index is 0.00000176. The summed E-state index contributed by atoms with van der Waals surface area (Å²) in [6.07, 6.45) is 2.30. The van der Waals surface area contributed by atoms with E-state index in [1.54, 1.807) is 7.11 Å². The van der Waals surface area contributed by atoms with Gasteiger partial charge in [0.05, 0.1) is 20.2 Å². The quantitative estimate of drug-likeness (QED) is 0.909. The van der Waals surface area contributed by atoms with Crippen molar-refractivity contribution in [2.75, 3.05) is 13.7 Å². The van der Waals surface area contributed by atoms with Gasteiger partial charge in [-0.3, -0.25) is 4.90 Å². The third-order valence-corrected chi connectivity index (χ3v) is 3.87. The average molecular weight is 325 g/mol. The van der Waals surface area contributed by atoms with Gasteiger partial charge in [-0.2, -0.15) is 4.98 Å². The average Bonchev–Trinajstić information content (AvgIpc) is 3.17. The van der Waals surface area contributed by atoms with Crippen molar-refractivity contribution >= 4 is 12.4 Å². The van der Waals surface area contributed by atoms with Crippen LogP contribution in [0.5, 0.6) is 5.75 Å². The second kappa shape index (κ2) is 7.58. The van der Waals surface area contributed by atoms with E-state index in [-0.39, 0.29) is 19.0 Å². The predicted octanol–water partition coefficient (Wildman–Crippen LogP) is 2.30. The molecular weight excluding hydrogens is 304 g/mol. The Morgan fingerprint density at radius 2 is 2.32 bits per heavy atom. The van der Waals surface area contributed by atoms with Crippen LogP contribution < -0.4 is 10.5 Å². The van der Waals surface area contributed by atoms with E-state index in [2.05, 4.69) is 27.2 Å². The molecule has 1 aromatic heterocycles. The van der Waals surface area contributed by atoms with Gasteiger partial charge in [0.25, 0.3) is 0 Å². The molecule has 2 heterocycles. The summed E-state index contributed by atoms with van der Waals surface area (Å²) in [5.41, 5.74) is 6.77. The molecule has 3 rings (SSSR count). The number of nitrogens with two attached hydrogens (primary N) is 1. The molecule has 6 nitrogen and oxygen atoms in total. The van der Waals surface area contributed by atoms with Crippen LogP contribution in [0.3, 0.4) is 0 Å². The van der Waals surface area contributed by atoms with E-state index < -0.39 is 0 Å². The topological polar surface area (TPSA) is 77.4 Å². The van der Waals surface area contributed by atoms with E-state index in [0.717, 1.165) is 18.7 Å². The largest absolute Gasteiger partial charge is 0.497 e. The lowest BCUT2D eigenvalue weighted by Gasteiger charge is -2.23. The molecule has 0 spiro atoms. The third-order valence-electron chi connectivity index (χ3n) is 3.87. The molecule has 1 fully saturated rings. The Labute approximate surface area is 136 Å². The maximum Gasteiger partial charge on any atom is 0.240 e. The van der Waals surface area contributed by atoms with Gasteiger partial charge in [-0.05, 0) is 37.1 Å². The maximum atomic E-state index is 5.50. The number of aromatic nitrogens is 2. The van der Waals surface area contributed by atoms with Gasteiger partial charge in [0.15, 0.2) is 5.82 Å². The zero-order valence-corrected chi connectivity index (χ0v) is 13.4. The summed E-state index contributed by atoms with van der Waals surface area (Å²) in [6.45, 7) is 2.01. The fraction of sp³-hybridized carbons (Fsp3) is 0.467. The third kappa shape index (κ3) is 3.58. The van der Waals surface area contributed by atoms with Crippen molar-refractivity contribution in [3.05, 3.63) is 41.5 Å². The van der Waals surface area contributed by atoms with Gasteiger partial charge in [0.2, 0.25) is 5.89 Å². The molecule has 0 saturated carbocycles. The van der Waals surface area contributed by atoms with Crippen LogP contribution in [0.1, 0.15) is 36.2 Å². The molecule has 1 aliphatic heterocycles. The number of halogens is 1. The summed E-state index contributed by atoms with van der Waals surface area (Å²) >= 11 is 0. The van der Waals surface area contributed by atoms with Crippen molar-refractivity contribution in [2.45, 2.75) is 32.0 Å². The summed E-state index contributed by atoms with van der Waals surface area (Å²) in [6, 6.07) is 8.62. The smallest absolute Gasteiger partial charge is 0.240 e. The molecule has 0 amide bonds. The molecule has 1 atom stereocenters. The number of hydrogen-bond acceptors (Lipinski definition) is 6. The van der Waals surface area contributed by atoms with Crippen molar-refractivity contribution in [3.63, 3.8) is 0 Å². The number of nitrogens with zero attached hydrogens (tertiary/aromatic N) is 3. The monoisotopic (exact) mass is 324 g/mol. The molecule has 0 aliphatic carbocycles. The van der Waals surface area contributed by atoms with Crippen LogP contribution in [0.2, 0.25) is 0 Å². The summed E-state index contributed by atoms with van der Waals surface area (Å²) in [5, 5.41) is 3.98. The van der Waals surface area contributed by atoms with Gasteiger partial charge in [-0.1, -0.05) is 17.3 Å². The standard InChI is InChI=1S/C15H20N4O2.ClH/c1-20-12-5-2-4-11(8-12)13-6-3-7-19(13)10-14-17-15(9-16)21-18-14;/h2,4-5,8,13H,3,6-7,9-10,16H2,1H3;1H. The van der Waals surface area contributed by atoms with E-state index in [4.69, 9.17) is 15.0 Å². The lowest BCUT2D eigenvalue weighted by atomic mass is 10.0. The minimum atomic E-state index is 0. The lowest BCUT2D eigenvalue weighted by Crippen LogP contribution is -2.23. The molecule has 1 aliphatic rings. The Morgan fingerprint density at radius 1 is 1.45 bits per heavy atom. The zero-order chi connectivity index (χ0) is 14.7. The van der Waals surface area contributed by atoms with Crippen molar-refractivity contribution < 1.29 is 9.26 Å². The fourth-order valence-electron chi connectivity index (χ4n) is 2.86. The first-order valence-corrected chi connectivity index (χ1v) is 7.19. The molecule has 2 N–H and O–H groups in total. The predicted molar refractivity (Wildman–Crippen MR) is 84.8 cm³/mol. The number of methoxy groups -OCH3 is 1. The van der Waals surface area contributed by atoms with E-state index in [9.17, 15) is 0 Å². The number of ether oxygens (including phenoxy) is 1. The number of benzene rings is 1. The van der Waals surface area contributed by atoms with Gasteiger partial charge >= 0.3 is 0 Å². The van der Waals surface area contributed by atoms with Gasteiger partial charge in [-0.15, -0.1) is 12.4 Å². The SMILES string of the molecule is COc1cccc(C2CCCN2Cc2noc(CN)n2)c1.Cl. The zero-order valence-electron chi connectivity index (χ0n) is 12.6. The number of rotatable bonds is 5. The first-order valence-electron chi connectivity index (χ1n) is 7.19. The van der Waals surface area contributed by atoms with Crippen LogP contribution in [0, 0.1) is 0 Å². The number of hydrogen-bond donors (Lipinski definition) is 1. The second-order valence-electron chi connectivity index (χ2n) is 5.21. The highest BCUT2D eigenvalue weighted by Gasteiger charge is 2.27. The van der Waals surface area contributed by atoms with Crippen LogP contribution in [-0.4, -0.2) is 28.7 Å². The highest BCUT2D eigenvalue weighted by molar-refractivity contribution is 5.85. The number of likely N-dealkylation sites (tertiary alicyclic amines) is 1. The van der Waals surface area contributed by atoms with Crippen molar-refractivity contribution in [3.8, 4) is 5.75 Å². The molecule has 2 aromatic rings. The van der Waals surface area contributed by atoms with E-state index in [1.807, 2.05) is 12.1 Å². The lowest BCUT2D eigenvalue weighted by molar-refractivity contribution is 0.237. The molecule has 22 heavy (non-hydrogen) atoms. The maximum absolute atomic E-state index is 5.50. The Bertz CT molecular complexity index is 605. The molecule has 1 unspecified atom stereocenters. The molecule has 0 radical (unpaired) electrons. The molecule has 0 bridgehead atoms. The molecule has 1 saturated heterocycles. The van der Waals surface area contributed by atoms with Crippen LogP contribution in [0.4, 0.5) is 0 Å². The van der Waals surface area contributed by atoms with Gasteiger partial charge < -0.3 is 15.0 Å². The Morgan fingerprint density at radius 3 is 3.05 bits per heavy atom. The van der Waals surface area contributed by atoms with Crippen molar-refractivity contribution in [1.82, 2.24) is 15.0 Å². The summed E-state index contributed by atoms with van der Waals surface area (Å²) < 4.78 is 10.4. The second-order valence-corrected chi connectivity index (χ2v) is 5.21. The summed E-state index contributed by atoms with van der Waals surface area (Å²) in [5.74, 6) is 2.08. The summed E-state index contributed by atoms with van der Waals surface area (Å²) in [4.78, 5) is 6.66. The highest BCUT2D eigenvalue weighted by atomic mass is 35.5. The molecule has 120 valence electrons. The van der Waals surface area contributed by atoms with Gasteiger partial charge in [-0.25, -0.2) is 0 Å². The van der Waals surface area contributed by atoms with E-state index in [1.165, 1.54) is 12.0 Å². The van der Waals surface area contributed by atoms with E-state index in [0.29, 0.717) is 24.3 Å². The first-order chi connectivity index (χ1) is 10.3. The van der Waals surface area contributed by atoms with Crippen LogP contribution in [0.25, 0.3) is 0 Å². The summed E-state index contributed by atoms with van der Waals surface area (Å²) in [7, 11) is 1.69. The minimum absolute atomic E-state index is 0. The Kier molecular flexibility index (Phi) is 5.76. The van der Waals surface area contributed by atoms with E-state index >= 15 is 0 Å². The fourth-order valence-corrected chi connectivity index (χ4v) is 2.86. The molecular formula is C15H21ClN4O2. The first kappa shape index (κ1) is 16.7. The minimum Gasteiger partial charge on any atom is -0.497 e. The van der Waals surface area contributed by atoms with Gasteiger partial charge in [0, 0.05) is 6.04 Å². The molecule has 7 heteroatoms.